The zero-order valence-corrected chi connectivity index (χ0v) is 13.5. The largest absolute Gasteiger partial charge is 0.480 e. The predicted molar refractivity (Wildman–Crippen MR) is 82.5 cm³/mol. The van der Waals surface area contributed by atoms with E-state index in [0.29, 0.717) is 6.54 Å². The Bertz CT molecular complexity index is 449. The second-order valence-electron chi connectivity index (χ2n) is 4.68. The Morgan fingerprint density at radius 2 is 2.05 bits per heavy atom. The molecule has 5 nitrogen and oxygen atoms in total. The van der Waals surface area contributed by atoms with Gasteiger partial charge >= 0.3 is 5.97 Å². The number of aliphatic carboxylic acids is 1. The minimum Gasteiger partial charge on any atom is -0.480 e. The Hall–Kier alpha value is -1.11. The number of hydrogen-bond donors (Lipinski definition) is 2. The predicted octanol–water partition coefficient (Wildman–Crippen LogP) is 1.89. The maximum Gasteiger partial charge on any atom is 0.322 e. The molecule has 1 aromatic rings. The summed E-state index contributed by atoms with van der Waals surface area (Å²) in [6.07, 6.45) is 0. The fourth-order valence-corrected chi connectivity index (χ4v) is 2.52. The van der Waals surface area contributed by atoms with Gasteiger partial charge in [-0.05, 0) is 32.9 Å². The number of nitrogens with one attached hydrogen (secondary N) is 1. The van der Waals surface area contributed by atoms with E-state index < -0.39 is 5.97 Å². The van der Waals surface area contributed by atoms with E-state index in [1.807, 2.05) is 25.7 Å². The second kappa shape index (κ2) is 8.94. The van der Waals surface area contributed by atoms with Gasteiger partial charge in [-0.1, -0.05) is 0 Å². The Kier molecular flexibility index (Phi) is 8.45. The van der Waals surface area contributed by atoms with Gasteiger partial charge < -0.3 is 10.4 Å². The van der Waals surface area contributed by atoms with E-state index in [-0.39, 0.29) is 37.4 Å². The topological polar surface area (TPSA) is 69.6 Å². The molecule has 0 aliphatic carbocycles. The van der Waals surface area contributed by atoms with Gasteiger partial charge in [-0.15, -0.1) is 23.7 Å². The summed E-state index contributed by atoms with van der Waals surface area (Å²) < 4.78 is 0. The zero-order valence-electron chi connectivity index (χ0n) is 11.9. The molecule has 0 fully saturated rings. The van der Waals surface area contributed by atoms with Crippen molar-refractivity contribution in [2.24, 2.45) is 0 Å². The van der Waals surface area contributed by atoms with Crippen molar-refractivity contribution in [1.29, 1.82) is 0 Å². The van der Waals surface area contributed by atoms with Crippen molar-refractivity contribution in [2.45, 2.75) is 33.4 Å². The van der Waals surface area contributed by atoms with Gasteiger partial charge in [0.25, 0.3) is 0 Å². The molecule has 0 unspecified atom stereocenters. The Morgan fingerprint density at radius 3 is 2.50 bits per heavy atom. The Morgan fingerprint density at radius 1 is 1.40 bits per heavy atom. The van der Waals surface area contributed by atoms with Crippen molar-refractivity contribution >= 4 is 35.6 Å². The Labute approximate surface area is 129 Å². The number of thiophene rings is 1. The van der Waals surface area contributed by atoms with Crippen molar-refractivity contribution in [3.05, 3.63) is 21.9 Å². The molecule has 1 amide bonds. The summed E-state index contributed by atoms with van der Waals surface area (Å²) in [7, 11) is 0. The first kappa shape index (κ1) is 18.9. The molecule has 0 saturated heterocycles. The number of hydrogen-bond acceptors (Lipinski definition) is 4. The lowest BCUT2D eigenvalue weighted by molar-refractivity contribution is -0.138. The average Bonchev–Trinajstić information content (AvgIpc) is 2.71. The molecule has 0 radical (unpaired) electrons. The third kappa shape index (κ3) is 6.88. The first-order valence-corrected chi connectivity index (χ1v) is 6.98. The standard InChI is InChI=1S/C13H20N2O3S.ClH/c1-9(2)15(7-11-5-4-10(3)19-11)8-12(16)14-6-13(17)18;/h4-5,9H,6-8H2,1-3H3,(H,14,16)(H,17,18);1H. The van der Waals surface area contributed by atoms with Crippen molar-refractivity contribution in [1.82, 2.24) is 10.2 Å². The SMILES string of the molecule is Cc1ccc(CN(CC(=O)NCC(=O)O)C(C)C)s1.Cl. The molecule has 1 heterocycles. The Balaban J connectivity index is 0.00000361. The summed E-state index contributed by atoms with van der Waals surface area (Å²) in [6, 6.07) is 4.34. The van der Waals surface area contributed by atoms with Crippen LogP contribution in [-0.4, -0.2) is 41.0 Å². The van der Waals surface area contributed by atoms with Gasteiger partial charge in [0.05, 0.1) is 6.54 Å². The lowest BCUT2D eigenvalue weighted by Crippen LogP contribution is -2.41. The number of carboxylic acid groups (broad SMARTS) is 1. The van der Waals surface area contributed by atoms with Crippen LogP contribution in [0.3, 0.4) is 0 Å². The monoisotopic (exact) mass is 320 g/mol. The smallest absolute Gasteiger partial charge is 0.322 e. The molecule has 0 atom stereocenters. The molecule has 0 saturated carbocycles. The van der Waals surface area contributed by atoms with Gasteiger partial charge in [-0.25, -0.2) is 0 Å². The van der Waals surface area contributed by atoms with Gasteiger partial charge in [-0.3, -0.25) is 14.5 Å². The van der Waals surface area contributed by atoms with E-state index in [1.165, 1.54) is 9.75 Å². The molecule has 7 heteroatoms. The first-order valence-electron chi connectivity index (χ1n) is 6.16. The molecular weight excluding hydrogens is 300 g/mol. The van der Waals surface area contributed by atoms with Crippen LogP contribution in [0.1, 0.15) is 23.6 Å². The summed E-state index contributed by atoms with van der Waals surface area (Å²) in [5, 5.41) is 10.9. The van der Waals surface area contributed by atoms with Crippen LogP contribution in [0, 0.1) is 6.92 Å². The normalized spacial score (nSPS) is 10.4. The van der Waals surface area contributed by atoms with E-state index in [1.54, 1.807) is 11.3 Å². The fraction of sp³-hybridized carbons (Fsp3) is 0.538. The number of amides is 1. The number of carboxylic acids is 1. The van der Waals surface area contributed by atoms with E-state index in [9.17, 15) is 9.59 Å². The molecule has 0 aromatic carbocycles. The molecule has 114 valence electrons. The van der Waals surface area contributed by atoms with Gasteiger partial charge in [-0.2, -0.15) is 0 Å². The number of halogens is 1. The van der Waals surface area contributed by atoms with Crippen LogP contribution in [-0.2, 0) is 16.1 Å². The number of rotatable bonds is 7. The minimum atomic E-state index is -1.03. The summed E-state index contributed by atoms with van der Waals surface area (Å²) in [5.41, 5.74) is 0. The van der Waals surface area contributed by atoms with Crippen LogP contribution < -0.4 is 5.32 Å². The first-order chi connectivity index (χ1) is 8.88. The summed E-state index contributed by atoms with van der Waals surface area (Å²) in [5.74, 6) is -1.29. The highest BCUT2D eigenvalue weighted by atomic mass is 35.5. The summed E-state index contributed by atoms with van der Waals surface area (Å²) in [6.45, 7) is 6.67. The average molecular weight is 321 g/mol. The van der Waals surface area contributed by atoms with E-state index in [4.69, 9.17) is 5.11 Å². The second-order valence-corrected chi connectivity index (χ2v) is 6.05. The van der Waals surface area contributed by atoms with E-state index in [2.05, 4.69) is 17.4 Å². The van der Waals surface area contributed by atoms with Crippen LogP contribution in [0.2, 0.25) is 0 Å². The quantitative estimate of drug-likeness (QED) is 0.805. The maximum absolute atomic E-state index is 11.6. The van der Waals surface area contributed by atoms with Crippen molar-refractivity contribution in [3.63, 3.8) is 0 Å². The third-order valence-corrected chi connectivity index (χ3v) is 3.65. The highest BCUT2D eigenvalue weighted by Crippen LogP contribution is 2.18. The molecule has 0 aliphatic heterocycles. The van der Waals surface area contributed by atoms with Gasteiger partial charge in [0.2, 0.25) is 5.91 Å². The van der Waals surface area contributed by atoms with Crippen molar-refractivity contribution in [2.75, 3.05) is 13.1 Å². The molecule has 2 N–H and O–H groups in total. The highest BCUT2D eigenvalue weighted by Gasteiger charge is 2.15. The molecule has 0 aliphatic rings. The number of carbonyl (C=O) groups excluding carboxylic acids is 1. The molecule has 20 heavy (non-hydrogen) atoms. The van der Waals surface area contributed by atoms with Crippen LogP contribution in [0.15, 0.2) is 12.1 Å². The third-order valence-electron chi connectivity index (χ3n) is 2.67. The maximum atomic E-state index is 11.6. The van der Waals surface area contributed by atoms with E-state index in [0.717, 1.165) is 0 Å². The van der Waals surface area contributed by atoms with Crippen LogP contribution in [0.5, 0.6) is 0 Å². The van der Waals surface area contributed by atoms with Crippen LogP contribution in [0.25, 0.3) is 0 Å². The molecular formula is C13H21ClN2O3S. The molecule has 1 aromatic heterocycles. The summed E-state index contributed by atoms with van der Waals surface area (Å²) in [4.78, 5) is 26.5. The zero-order chi connectivity index (χ0) is 14.4. The molecule has 0 spiro atoms. The van der Waals surface area contributed by atoms with Gasteiger partial charge in [0.15, 0.2) is 0 Å². The number of carbonyl (C=O) groups is 2. The lowest BCUT2D eigenvalue weighted by atomic mass is 10.3. The highest BCUT2D eigenvalue weighted by molar-refractivity contribution is 7.11. The van der Waals surface area contributed by atoms with Gasteiger partial charge in [0, 0.05) is 22.3 Å². The number of aryl methyl sites for hydroxylation is 1. The van der Waals surface area contributed by atoms with Crippen LogP contribution >= 0.6 is 23.7 Å². The minimum absolute atomic E-state index is 0. The van der Waals surface area contributed by atoms with E-state index >= 15 is 0 Å². The van der Waals surface area contributed by atoms with Crippen molar-refractivity contribution in [3.8, 4) is 0 Å². The number of nitrogens with zero attached hydrogens (tertiary/aromatic N) is 1. The van der Waals surface area contributed by atoms with Gasteiger partial charge in [0.1, 0.15) is 6.54 Å². The van der Waals surface area contributed by atoms with Crippen molar-refractivity contribution < 1.29 is 14.7 Å². The molecule has 0 bridgehead atoms. The summed E-state index contributed by atoms with van der Waals surface area (Å²) >= 11 is 1.71. The fourth-order valence-electron chi connectivity index (χ4n) is 1.61. The van der Waals surface area contributed by atoms with Crippen LogP contribution in [0.4, 0.5) is 0 Å². The molecule has 1 rings (SSSR count). The lowest BCUT2D eigenvalue weighted by Gasteiger charge is -2.25.